The molecule has 0 aromatic carbocycles. The average molecular weight is 238 g/mol. The molecule has 2 heterocycles. The van der Waals surface area contributed by atoms with E-state index < -0.39 is 6.10 Å². The predicted molar refractivity (Wildman–Crippen MR) is 61.4 cm³/mol. The first kappa shape index (κ1) is 11.2. The minimum absolute atomic E-state index is 0.426. The molecule has 0 bridgehead atoms. The van der Waals surface area contributed by atoms with E-state index in [0.717, 1.165) is 11.1 Å². The molecule has 0 aliphatic carbocycles. The Hall–Kier alpha value is -1.32. The third-order valence-electron chi connectivity index (χ3n) is 2.47. The Morgan fingerprint density at radius 2 is 2.31 bits per heavy atom. The summed E-state index contributed by atoms with van der Waals surface area (Å²) in [6.07, 6.45) is 4.55. The smallest absolute Gasteiger partial charge is 0.135 e. The molecule has 0 aliphatic rings. The Morgan fingerprint density at radius 1 is 1.50 bits per heavy atom. The number of hydrogen-bond donors (Lipinski definition) is 1. The molecular formula is C12H12ClNO2. The van der Waals surface area contributed by atoms with Crippen molar-refractivity contribution in [2.75, 3.05) is 0 Å². The van der Waals surface area contributed by atoms with Crippen molar-refractivity contribution in [1.82, 2.24) is 4.98 Å². The summed E-state index contributed by atoms with van der Waals surface area (Å²) in [4.78, 5) is 3.90. The average Bonchev–Trinajstić information content (AvgIpc) is 2.68. The third kappa shape index (κ3) is 2.26. The van der Waals surface area contributed by atoms with Crippen LogP contribution in [0, 0.1) is 6.92 Å². The van der Waals surface area contributed by atoms with E-state index in [1.165, 1.54) is 0 Å². The predicted octanol–water partition coefficient (Wildman–Crippen LogP) is 2.91. The van der Waals surface area contributed by atoms with Crippen LogP contribution in [0.2, 0.25) is 5.02 Å². The van der Waals surface area contributed by atoms with Gasteiger partial charge in [-0.15, -0.1) is 0 Å². The first-order valence-corrected chi connectivity index (χ1v) is 5.36. The molecule has 4 heteroatoms. The Balaban J connectivity index is 2.17. The molecule has 0 fully saturated rings. The van der Waals surface area contributed by atoms with Crippen LogP contribution in [0.3, 0.4) is 0 Å². The molecule has 84 valence electrons. The van der Waals surface area contributed by atoms with Gasteiger partial charge in [0.1, 0.15) is 11.9 Å². The highest BCUT2D eigenvalue weighted by atomic mass is 35.5. The number of aryl methyl sites for hydroxylation is 1. The molecule has 1 N–H and O–H groups in total. The highest BCUT2D eigenvalue weighted by Gasteiger charge is 2.15. The minimum Gasteiger partial charge on any atom is -0.466 e. The van der Waals surface area contributed by atoms with Crippen molar-refractivity contribution in [2.24, 2.45) is 0 Å². The van der Waals surface area contributed by atoms with Gasteiger partial charge in [-0.2, -0.15) is 0 Å². The molecular weight excluding hydrogens is 226 g/mol. The first-order valence-electron chi connectivity index (χ1n) is 4.99. The zero-order chi connectivity index (χ0) is 11.5. The van der Waals surface area contributed by atoms with Crippen molar-refractivity contribution in [3.8, 4) is 0 Å². The van der Waals surface area contributed by atoms with Crippen LogP contribution in [0.15, 0.2) is 35.2 Å². The lowest BCUT2D eigenvalue weighted by atomic mass is 10.1. The van der Waals surface area contributed by atoms with Crippen LogP contribution in [0.25, 0.3) is 0 Å². The fraction of sp³-hybridized carbons (Fsp3) is 0.250. The van der Waals surface area contributed by atoms with Crippen molar-refractivity contribution in [3.05, 3.63) is 52.7 Å². The van der Waals surface area contributed by atoms with Crippen LogP contribution in [0.1, 0.15) is 23.0 Å². The molecule has 0 amide bonds. The summed E-state index contributed by atoms with van der Waals surface area (Å²) >= 11 is 5.97. The SMILES string of the molecule is Cc1ccoc1C(O)Cc1ccncc1Cl. The monoisotopic (exact) mass is 237 g/mol. The second-order valence-electron chi connectivity index (χ2n) is 3.65. The zero-order valence-electron chi connectivity index (χ0n) is 8.85. The van der Waals surface area contributed by atoms with Crippen molar-refractivity contribution in [2.45, 2.75) is 19.4 Å². The Morgan fingerprint density at radius 3 is 2.94 bits per heavy atom. The number of hydrogen-bond acceptors (Lipinski definition) is 3. The lowest BCUT2D eigenvalue weighted by molar-refractivity contribution is 0.149. The van der Waals surface area contributed by atoms with Crippen LogP contribution < -0.4 is 0 Å². The molecule has 0 saturated carbocycles. The zero-order valence-corrected chi connectivity index (χ0v) is 9.61. The summed E-state index contributed by atoms with van der Waals surface area (Å²) in [5.74, 6) is 0.591. The second-order valence-corrected chi connectivity index (χ2v) is 4.06. The van der Waals surface area contributed by atoms with Gasteiger partial charge in [0, 0.05) is 18.8 Å². The van der Waals surface area contributed by atoms with Gasteiger partial charge < -0.3 is 9.52 Å². The van der Waals surface area contributed by atoms with E-state index in [9.17, 15) is 5.11 Å². The summed E-state index contributed by atoms with van der Waals surface area (Å²) in [7, 11) is 0. The Bertz CT molecular complexity index is 481. The number of pyridine rings is 1. The quantitative estimate of drug-likeness (QED) is 0.893. The van der Waals surface area contributed by atoms with E-state index in [0.29, 0.717) is 17.2 Å². The van der Waals surface area contributed by atoms with Gasteiger partial charge in [0.25, 0.3) is 0 Å². The molecule has 2 aromatic rings. The number of halogens is 1. The van der Waals surface area contributed by atoms with E-state index >= 15 is 0 Å². The number of nitrogens with zero attached hydrogens (tertiary/aromatic N) is 1. The van der Waals surface area contributed by atoms with Crippen molar-refractivity contribution < 1.29 is 9.52 Å². The van der Waals surface area contributed by atoms with E-state index in [1.807, 2.05) is 13.0 Å². The van der Waals surface area contributed by atoms with E-state index in [2.05, 4.69) is 4.98 Å². The van der Waals surface area contributed by atoms with Gasteiger partial charge in [0.2, 0.25) is 0 Å². The molecule has 2 rings (SSSR count). The highest BCUT2D eigenvalue weighted by Crippen LogP contribution is 2.25. The molecule has 0 saturated heterocycles. The fourth-order valence-corrected chi connectivity index (χ4v) is 1.79. The Labute approximate surface area is 98.7 Å². The first-order chi connectivity index (χ1) is 7.68. The summed E-state index contributed by atoms with van der Waals surface area (Å²) in [6.45, 7) is 1.90. The van der Waals surface area contributed by atoms with Crippen LogP contribution >= 0.6 is 11.6 Å². The van der Waals surface area contributed by atoms with Gasteiger partial charge in [-0.3, -0.25) is 4.98 Å². The van der Waals surface area contributed by atoms with Crippen LogP contribution in [0.5, 0.6) is 0 Å². The molecule has 3 nitrogen and oxygen atoms in total. The van der Waals surface area contributed by atoms with Crippen LogP contribution in [-0.4, -0.2) is 10.1 Å². The summed E-state index contributed by atoms with van der Waals surface area (Å²) in [6, 6.07) is 3.62. The number of aliphatic hydroxyl groups is 1. The Kier molecular flexibility index (Phi) is 3.27. The number of furan rings is 1. The van der Waals surface area contributed by atoms with Gasteiger partial charge in [-0.25, -0.2) is 0 Å². The maximum atomic E-state index is 10.00. The molecule has 16 heavy (non-hydrogen) atoms. The standard InChI is InChI=1S/C12H12ClNO2/c1-8-3-5-16-12(8)11(15)6-9-2-4-14-7-10(9)13/h2-5,7,11,15H,6H2,1H3. The molecule has 1 atom stereocenters. The van der Waals surface area contributed by atoms with Crippen LogP contribution in [0.4, 0.5) is 0 Å². The molecule has 2 aromatic heterocycles. The van der Waals surface area contributed by atoms with Gasteiger partial charge in [0.05, 0.1) is 11.3 Å². The lowest BCUT2D eigenvalue weighted by Crippen LogP contribution is -2.02. The molecule has 1 unspecified atom stereocenters. The fourth-order valence-electron chi connectivity index (χ4n) is 1.60. The highest BCUT2D eigenvalue weighted by molar-refractivity contribution is 6.31. The van der Waals surface area contributed by atoms with Gasteiger partial charge in [-0.1, -0.05) is 11.6 Å². The number of aliphatic hydroxyl groups excluding tert-OH is 1. The summed E-state index contributed by atoms with van der Waals surface area (Å²) in [5, 5.41) is 10.6. The van der Waals surface area contributed by atoms with Gasteiger partial charge >= 0.3 is 0 Å². The molecule has 0 spiro atoms. The van der Waals surface area contributed by atoms with Gasteiger partial charge in [0.15, 0.2) is 0 Å². The topological polar surface area (TPSA) is 46.3 Å². The summed E-state index contributed by atoms with van der Waals surface area (Å²) < 4.78 is 5.23. The largest absolute Gasteiger partial charge is 0.466 e. The third-order valence-corrected chi connectivity index (χ3v) is 2.81. The van der Waals surface area contributed by atoms with E-state index in [1.54, 1.807) is 24.7 Å². The van der Waals surface area contributed by atoms with E-state index in [-0.39, 0.29) is 0 Å². The van der Waals surface area contributed by atoms with Crippen LogP contribution in [-0.2, 0) is 6.42 Å². The molecule has 0 aliphatic heterocycles. The second kappa shape index (κ2) is 4.68. The number of aromatic nitrogens is 1. The maximum absolute atomic E-state index is 10.00. The van der Waals surface area contributed by atoms with Crippen molar-refractivity contribution in [3.63, 3.8) is 0 Å². The molecule has 0 radical (unpaired) electrons. The van der Waals surface area contributed by atoms with Crippen molar-refractivity contribution >= 4 is 11.6 Å². The maximum Gasteiger partial charge on any atom is 0.135 e. The summed E-state index contributed by atoms with van der Waals surface area (Å²) in [5.41, 5.74) is 1.80. The lowest BCUT2D eigenvalue weighted by Gasteiger charge is -2.09. The number of rotatable bonds is 3. The normalized spacial score (nSPS) is 12.7. The van der Waals surface area contributed by atoms with E-state index in [4.69, 9.17) is 16.0 Å². The minimum atomic E-state index is -0.671. The van der Waals surface area contributed by atoms with Gasteiger partial charge in [-0.05, 0) is 30.2 Å². The van der Waals surface area contributed by atoms with Crippen molar-refractivity contribution in [1.29, 1.82) is 0 Å².